The van der Waals surface area contributed by atoms with Gasteiger partial charge in [0.1, 0.15) is 0 Å². The van der Waals surface area contributed by atoms with Crippen LogP contribution in [0.4, 0.5) is 5.69 Å². The van der Waals surface area contributed by atoms with Crippen molar-refractivity contribution in [2.24, 2.45) is 0 Å². The number of nitro benzene ring substituents is 1. The second-order valence-corrected chi connectivity index (χ2v) is 3.09. The lowest BCUT2D eigenvalue weighted by molar-refractivity contribution is -0.385. The third-order valence-electron chi connectivity index (χ3n) is 1.90. The van der Waals surface area contributed by atoms with Crippen molar-refractivity contribution in [3.05, 3.63) is 40.0 Å². The van der Waals surface area contributed by atoms with Gasteiger partial charge >= 0.3 is 11.7 Å². The zero-order valence-corrected chi connectivity index (χ0v) is 9.12. The molecular weight excluding hydrogens is 226 g/mol. The average molecular weight is 237 g/mol. The second-order valence-electron chi connectivity index (χ2n) is 3.09. The highest BCUT2D eigenvalue weighted by atomic mass is 16.6. The van der Waals surface area contributed by atoms with Gasteiger partial charge in [0, 0.05) is 12.1 Å². The molecule has 0 aliphatic rings. The van der Waals surface area contributed by atoms with Crippen LogP contribution < -0.4 is 4.74 Å². The van der Waals surface area contributed by atoms with Crippen LogP contribution in [0.25, 0.3) is 6.08 Å². The van der Waals surface area contributed by atoms with Crippen molar-refractivity contribution in [1.82, 2.24) is 0 Å². The molecule has 0 atom stereocenters. The molecule has 0 saturated carbocycles. The number of nitro groups is 1. The van der Waals surface area contributed by atoms with E-state index in [9.17, 15) is 14.9 Å². The average Bonchev–Trinajstić information content (AvgIpc) is 2.27. The van der Waals surface area contributed by atoms with Crippen molar-refractivity contribution < 1.29 is 19.6 Å². The summed E-state index contributed by atoms with van der Waals surface area (Å²) in [6, 6.07) is 4.27. The Morgan fingerprint density at radius 2 is 2.29 bits per heavy atom. The molecule has 0 bridgehead atoms. The van der Waals surface area contributed by atoms with Crippen molar-refractivity contribution in [1.29, 1.82) is 0 Å². The number of carboxylic acids is 1. The van der Waals surface area contributed by atoms with E-state index < -0.39 is 10.9 Å². The van der Waals surface area contributed by atoms with E-state index in [1.807, 2.05) is 0 Å². The fourth-order valence-corrected chi connectivity index (χ4v) is 1.23. The molecule has 1 aromatic carbocycles. The first-order valence-corrected chi connectivity index (χ1v) is 4.87. The monoisotopic (exact) mass is 237 g/mol. The molecule has 1 rings (SSSR count). The Bertz CT molecular complexity index is 467. The van der Waals surface area contributed by atoms with Gasteiger partial charge in [0.2, 0.25) is 0 Å². The molecule has 90 valence electrons. The quantitative estimate of drug-likeness (QED) is 0.481. The van der Waals surface area contributed by atoms with Gasteiger partial charge in [0.25, 0.3) is 0 Å². The molecular formula is C11H11NO5. The molecule has 0 fully saturated rings. The Hall–Kier alpha value is -2.37. The molecule has 0 aliphatic carbocycles. The maximum atomic E-state index is 10.8. The molecule has 0 heterocycles. The smallest absolute Gasteiger partial charge is 0.328 e. The van der Waals surface area contributed by atoms with Crippen molar-refractivity contribution in [2.75, 3.05) is 6.61 Å². The fourth-order valence-electron chi connectivity index (χ4n) is 1.23. The fraction of sp³-hybridized carbons (Fsp3) is 0.182. The molecule has 0 aromatic heterocycles. The predicted octanol–water partition coefficient (Wildman–Crippen LogP) is 2.09. The van der Waals surface area contributed by atoms with E-state index in [0.717, 1.165) is 6.08 Å². The van der Waals surface area contributed by atoms with Gasteiger partial charge < -0.3 is 9.84 Å². The summed E-state index contributed by atoms with van der Waals surface area (Å²) < 4.78 is 5.10. The predicted molar refractivity (Wildman–Crippen MR) is 60.9 cm³/mol. The molecule has 6 heteroatoms. The first-order valence-electron chi connectivity index (χ1n) is 4.87. The van der Waals surface area contributed by atoms with Crippen molar-refractivity contribution in [3.63, 3.8) is 0 Å². The standard InChI is InChI=1S/C11H11NO5/c1-2-17-10-5-3-8(4-6-11(13)14)7-9(10)12(15)16/h3-7H,2H2,1H3,(H,13,14). The van der Waals surface area contributed by atoms with Crippen LogP contribution in [-0.2, 0) is 4.79 Å². The SMILES string of the molecule is CCOc1ccc(C=CC(=O)O)cc1[N+](=O)[O-]. The first kappa shape index (κ1) is 12.7. The number of rotatable bonds is 5. The van der Waals surface area contributed by atoms with E-state index in [4.69, 9.17) is 9.84 Å². The Morgan fingerprint density at radius 3 is 2.82 bits per heavy atom. The number of carboxylic acid groups (broad SMARTS) is 1. The molecule has 1 aromatic rings. The molecule has 0 aliphatic heterocycles. The minimum atomic E-state index is -1.11. The van der Waals surface area contributed by atoms with E-state index in [2.05, 4.69) is 0 Å². The Balaban J connectivity index is 3.09. The molecule has 6 nitrogen and oxygen atoms in total. The molecule has 1 N–H and O–H groups in total. The number of carbonyl (C=O) groups is 1. The summed E-state index contributed by atoms with van der Waals surface area (Å²) in [4.78, 5) is 20.5. The number of aliphatic carboxylic acids is 1. The lowest BCUT2D eigenvalue weighted by Crippen LogP contribution is -1.97. The lowest BCUT2D eigenvalue weighted by Gasteiger charge is -2.04. The van der Waals surface area contributed by atoms with Gasteiger partial charge in [0.15, 0.2) is 5.75 Å². The molecule has 0 amide bonds. The van der Waals surface area contributed by atoms with Crippen LogP contribution >= 0.6 is 0 Å². The van der Waals surface area contributed by atoms with Gasteiger partial charge in [-0.15, -0.1) is 0 Å². The van der Waals surface area contributed by atoms with Crippen molar-refractivity contribution in [3.8, 4) is 5.75 Å². The molecule has 0 unspecified atom stereocenters. The van der Waals surface area contributed by atoms with Gasteiger partial charge in [-0.25, -0.2) is 4.79 Å². The highest BCUT2D eigenvalue weighted by Crippen LogP contribution is 2.28. The highest BCUT2D eigenvalue weighted by Gasteiger charge is 2.14. The van der Waals surface area contributed by atoms with Crippen LogP contribution in [0.2, 0.25) is 0 Å². The van der Waals surface area contributed by atoms with Gasteiger partial charge in [-0.05, 0) is 24.6 Å². The van der Waals surface area contributed by atoms with Crippen LogP contribution in [0.1, 0.15) is 12.5 Å². The van der Waals surface area contributed by atoms with Crippen LogP contribution in [0, 0.1) is 10.1 Å². The number of ether oxygens (including phenoxy) is 1. The number of nitrogens with zero attached hydrogens (tertiary/aromatic N) is 1. The van der Waals surface area contributed by atoms with E-state index in [1.165, 1.54) is 18.2 Å². The molecule has 0 saturated heterocycles. The minimum absolute atomic E-state index is 0.171. The summed E-state index contributed by atoms with van der Waals surface area (Å²) in [5.41, 5.74) is 0.252. The van der Waals surface area contributed by atoms with E-state index in [0.29, 0.717) is 12.2 Å². The number of hydrogen-bond donors (Lipinski definition) is 1. The maximum absolute atomic E-state index is 10.8. The summed E-state index contributed by atoms with van der Waals surface area (Å²) in [5, 5.41) is 19.2. The van der Waals surface area contributed by atoms with E-state index >= 15 is 0 Å². The van der Waals surface area contributed by atoms with Gasteiger partial charge in [-0.3, -0.25) is 10.1 Å². The normalized spacial score (nSPS) is 10.4. The third kappa shape index (κ3) is 3.60. The van der Waals surface area contributed by atoms with E-state index in [-0.39, 0.29) is 11.4 Å². The van der Waals surface area contributed by atoms with Gasteiger partial charge in [-0.1, -0.05) is 6.07 Å². The topological polar surface area (TPSA) is 89.7 Å². The lowest BCUT2D eigenvalue weighted by atomic mass is 10.1. The summed E-state index contributed by atoms with van der Waals surface area (Å²) >= 11 is 0. The summed E-state index contributed by atoms with van der Waals surface area (Å²) in [7, 11) is 0. The van der Waals surface area contributed by atoms with E-state index in [1.54, 1.807) is 13.0 Å². The largest absolute Gasteiger partial charge is 0.487 e. The molecule has 0 spiro atoms. The summed E-state index contributed by atoms with van der Waals surface area (Å²) in [6.07, 6.45) is 2.20. The molecule has 17 heavy (non-hydrogen) atoms. The minimum Gasteiger partial charge on any atom is -0.487 e. The zero-order chi connectivity index (χ0) is 12.8. The number of hydrogen-bond acceptors (Lipinski definition) is 4. The highest BCUT2D eigenvalue weighted by molar-refractivity contribution is 5.85. The van der Waals surface area contributed by atoms with Gasteiger partial charge in [-0.2, -0.15) is 0 Å². The number of benzene rings is 1. The first-order chi connectivity index (χ1) is 8.04. The van der Waals surface area contributed by atoms with Gasteiger partial charge in [0.05, 0.1) is 11.5 Å². The Labute approximate surface area is 97.3 Å². The Morgan fingerprint density at radius 1 is 1.59 bits per heavy atom. The van der Waals surface area contributed by atoms with Crippen molar-refractivity contribution >= 4 is 17.7 Å². The third-order valence-corrected chi connectivity index (χ3v) is 1.90. The molecule has 0 radical (unpaired) electrons. The van der Waals surface area contributed by atoms with Crippen LogP contribution in [-0.4, -0.2) is 22.6 Å². The second kappa shape index (κ2) is 5.64. The van der Waals surface area contributed by atoms with Crippen LogP contribution in [0.3, 0.4) is 0 Å². The zero-order valence-electron chi connectivity index (χ0n) is 9.12. The van der Waals surface area contributed by atoms with Crippen molar-refractivity contribution in [2.45, 2.75) is 6.92 Å². The van der Waals surface area contributed by atoms with Crippen LogP contribution in [0.15, 0.2) is 24.3 Å². The van der Waals surface area contributed by atoms with Crippen LogP contribution in [0.5, 0.6) is 5.75 Å². The Kier molecular flexibility index (Phi) is 4.21. The summed E-state index contributed by atoms with van der Waals surface area (Å²) in [5.74, 6) is -0.938. The maximum Gasteiger partial charge on any atom is 0.328 e. The summed E-state index contributed by atoms with van der Waals surface area (Å²) in [6.45, 7) is 2.05.